The second-order valence-corrected chi connectivity index (χ2v) is 18.0. The van der Waals surface area contributed by atoms with Gasteiger partial charge in [0.1, 0.15) is 11.5 Å². The largest absolute Gasteiger partial charge is 0.508 e. The lowest BCUT2D eigenvalue weighted by atomic mass is 9.32. The maximum atomic E-state index is 13.5. The number of hydrogen-bond donors (Lipinski definition) is 1. The molecular weight excluding hydrogens is 566 g/mol. The average molecular weight is 626 g/mol. The van der Waals surface area contributed by atoms with Crippen molar-refractivity contribution in [3.8, 4) is 5.75 Å². The van der Waals surface area contributed by atoms with Crippen LogP contribution in [0.3, 0.4) is 0 Å². The Labute approximate surface area is 278 Å². The Morgan fingerprint density at radius 2 is 1.70 bits per heavy atom. The maximum absolute atomic E-state index is 13.5. The third-order valence-electron chi connectivity index (χ3n) is 15.9. The fourth-order valence-electron chi connectivity index (χ4n) is 13.0. The van der Waals surface area contributed by atoms with Crippen molar-refractivity contribution < 1.29 is 9.90 Å². The molecule has 0 heterocycles. The normalized spacial score (nSPS) is 44.6. The van der Waals surface area contributed by atoms with Gasteiger partial charge in [-0.2, -0.15) is 4.91 Å². The van der Waals surface area contributed by atoms with E-state index in [0.717, 1.165) is 56.1 Å². The van der Waals surface area contributed by atoms with Gasteiger partial charge in [0.15, 0.2) is 0 Å². The number of carbonyl (C=O) groups excluding carboxylic acids is 1. The fourth-order valence-corrected chi connectivity index (χ4v) is 13.0. The molecule has 4 fully saturated rings. The molecule has 5 aliphatic rings. The molecule has 250 valence electrons. The lowest BCUT2D eigenvalue weighted by molar-refractivity contribution is -0.197. The van der Waals surface area contributed by atoms with Gasteiger partial charge in [-0.1, -0.05) is 102 Å². The van der Waals surface area contributed by atoms with Crippen molar-refractivity contribution in [3.05, 3.63) is 64.6 Å². The lowest BCUT2D eigenvalue weighted by Crippen LogP contribution is -2.66. The van der Waals surface area contributed by atoms with Gasteiger partial charge >= 0.3 is 0 Å². The number of allylic oxidation sites excluding steroid dienone is 4. The van der Waals surface area contributed by atoms with E-state index in [9.17, 15) is 14.8 Å². The number of Topliss-reactive ketones (excluding diaryl/α,β-unsaturated/α-hetero) is 1. The third-order valence-corrected chi connectivity index (χ3v) is 15.9. The summed E-state index contributed by atoms with van der Waals surface area (Å²) in [7, 11) is 0. The predicted octanol–water partition coefficient (Wildman–Crippen LogP) is 11.0. The summed E-state index contributed by atoms with van der Waals surface area (Å²) >= 11 is 0. The molecule has 1 aromatic rings. The quantitative estimate of drug-likeness (QED) is 0.194. The number of aromatic hydroxyl groups is 1. The van der Waals surface area contributed by atoms with Gasteiger partial charge in [-0.05, 0) is 140 Å². The number of benzene rings is 1. The first-order valence-corrected chi connectivity index (χ1v) is 18.2. The molecule has 7 unspecified atom stereocenters. The Hall–Kier alpha value is -2.49. The number of phenolic OH excluding ortho intramolecular Hbond substituents is 1. The highest BCUT2D eigenvalue weighted by molar-refractivity contribution is 5.84. The Balaban J connectivity index is 1.32. The van der Waals surface area contributed by atoms with Gasteiger partial charge in [-0.15, -0.1) is 0 Å². The van der Waals surface area contributed by atoms with Crippen LogP contribution in [-0.2, 0) is 4.79 Å². The van der Waals surface area contributed by atoms with Crippen LogP contribution in [0.15, 0.2) is 59.3 Å². The van der Waals surface area contributed by atoms with Crippen LogP contribution in [0.4, 0.5) is 0 Å². The van der Waals surface area contributed by atoms with E-state index in [2.05, 4.69) is 72.4 Å². The zero-order valence-corrected chi connectivity index (χ0v) is 29.9. The number of ketones is 1. The van der Waals surface area contributed by atoms with Gasteiger partial charge in [0.2, 0.25) is 0 Å². The number of phenols is 1. The molecule has 46 heavy (non-hydrogen) atoms. The van der Waals surface area contributed by atoms with E-state index in [-0.39, 0.29) is 44.8 Å². The second-order valence-electron chi connectivity index (χ2n) is 18.0. The zero-order chi connectivity index (χ0) is 33.4. The zero-order valence-electron chi connectivity index (χ0n) is 29.9. The topological polar surface area (TPSA) is 66.7 Å². The van der Waals surface area contributed by atoms with Crippen molar-refractivity contribution >= 4 is 11.9 Å². The summed E-state index contributed by atoms with van der Waals surface area (Å²) in [6, 6.07) is 6.95. The summed E-state index contributed by atoms with van der Waals surface area (Å²) in [5.74, 6) is 3.32. The van der Waals surface area contributed by atoms with Crippen molar-refractivity contribution in [1.82, 2.24) is 0 Å². The van der Waals surface area contributed by atoms with Crippen LogP contribution in [0.2, 0.25) is 0 Å². The monoisotopic (exact) mass is 625 g/mol. The fraction of sp³-hybridized carbons (Fsp3) is 0.690. The van der Waals surface area contributed by atoms with Gasteiger partial charge in [0, 0.05) is 5.41 Å². The first-order chi connectivity index (χ1) is 21.5. The van der Waals surface area contributed by atoms with Gasteiger partial charge in [-0.25, -0.2) is 0 Å². The first kappa shape index (κ1) is 33.4. The van der Waals surface area contributed by atoms with Crippen molar-refractivity contribution in [2.75, 3.05) is 0 Å². The van der Waals surface area contributed by atoms with Crippen LogP contribution in [0.5, 0.6) is 5.75 Å². The van der Waals surface area contributed by atoms with Crippen molar-refractivity contribution in [2.24, 2.45) is 67.8 Å². The van der Waals surface area contributed by atoms with E-state index in [1.807, 2.05) is 25.1 Å². The Morgan fingerprint density at radius 3 is 2.35 bits per heavy atom. The molecular formula is C42H59NO3. The van der Waals surface area contributed by atoms with E-state index in [0.29, 0.717) is 35.4 Å². The molecule has 0 aromatic heterocycles. The molecule has 5 aliphatic carbocycles. The summed E-state index contributed by atoms with van der Waals surface area (Å²) in [5, 5.41) is 13.5. The van der Waals surface area contributed by atoms with Gasteiger partial charge in [0.05, 0.1) is 6.04 Å². The molecule has 4 saturated carbocycles. The van der Waals surface area contributed by atoms with Crippen molar-refractivity contribution in [2.45, 2.75) is 119 Å². The molecule has 1 N–H and O–H groups in total. The molecule has 0 saturated heterocycles. The third kappa shape index (κ3) is 4.69. The maximum Gasteiger partial charge on any atom is 0.136 e. The standard InChI is InChI=1S/C42H59NO3/c1-26(10-11-30-12-14-31(45)15-13-30)24-33-34(43-46)25-39(7)35(38(33,5)6)19-20-41(9)36(39)17-16-32-37-28(3)27(2)18-21-42(37,29(4)44)23-22-40(32,41)8/h10-16,27-28,33-37,45H,1,17-25H2,2-9H3/b11-10-/t27-,28?,33-,34-,35?,36?,37?,39?,40-,41?,42?/m1/s1. The molecule has 6 rings (SSSR count). The average Bonchev–Trinajstić information content (AvgIpc) is 3.00. The molecule has 0 radical (unpaired) electrons. The Kier molecular flexibility index (Phi) is 8.21. The Bertz CT molecular complexity index is 1450. The highest BCUT2D eigenvalue weighted by Gasteiger charge is 2.70. The van der Waals surface area contributed by atoms with Crippen LogP contribution >= 0.6 is 0 Å². The second kappa shape index (κ2) is 11.3. The molecule has 4 heteroatoms. The number of nitroso groups, excluding NO2 is 1. The van der Waals surface area contributed by atoms with Gasteiger partial charge < -0.3 is 5.11 Å². The molecule has 11 atom stereocenters. The van der Waals surface area contributed by atoms with Crippen molar-refractivity contribution in [3.63, 3.8) is 0 Å². The van der Waals surface area contributed by atoms with E-state index in [1.54, 1.807) is 17.7 Å². The number of hydrogen-bond acceptors (Lipinski definition) is 4. The summed E-state index contributed by atoms with van der Waals surface area (Å²) < 4.78 is 0. The number of rotatable bonds is 6. The number of nitrogens with zero attached hydrogens (tertiary/aromatic N) is 1. The highest BCUT2D eigenvalue weighted by Crippen LogP contribution is 2.76. The van der Waals surface area contributed by atoms with Crippen LogP contribution < -0.4 is 0 Å². The van der Waals surface area contributed by atoms with E-state index in [4.69, 9.17) is 0 Å². The Morgan fingerprint density at radius 1 is 1.00 bits per heavy atom. The van der Waals surface area contributed by atoms with Crippen molar-refractivity contribution in [1.29, 1.82) is 0 Å². The highest BCUT2D eigenvalue weighted by atomic mass is 16.3. The van der Waals surface area contributed by atoms with Gasteiger partial charge in [-0.3, -0.25) is 4.79 Å². The van der Waals surface area contributed by atoms with Crippen LogP contribution in [-0.4, -0.2) is 16.9 Å². The molecule has 0 amide bonds. The minimum absolute atomic E-state index is 0.0143. The SMILES string of the molecule is C=C(/C=C\c1ccc(O)cc1)C[C@@H]1[C@H](N=O)CC2(C)C(CCC3(C)C2CC=C2C4C(C)[C@H](C)CCC4(C(C)=O)CC[C@]23C)C1(C)C. The number of carbonyl (C=O) groups is 1. The van der Waals surface area contributed by atoms with Crippen LogP contribution in [0, 0.1) is 67.5 Å². The van der Waals surface area contributed by atoms with Crippen LogP contribution in [0.25, 0.3) is 6.08 Å². The molecule has 0 aliphatic heterocycles. The summed E-state index contributed by atoms with van der Waals surface area (Å²) in [4.78, 5) is 26.2. The molecule has 4 nitrogen and oxygen atoms in total. The minimum Gasteiger partial charge on any atom is -0.508 e. The molecule has 0 spiro atoms. The lowest BCUT2D eigenvalue weighted by Gasteiger charge is -2.72. The van der Waals surface area contributed by atoms with E-state index >= 15 is 0 Å². The number of fused-ring (bicyclic) bond motifs is 7. The first-order valence-electron chi connectivity index (χ1n) is 18.2. The van der Waals surface area contributed by atoms with Gasteiger partial charge in [0.25, 0.3) is 0 Å². The molecule has 1 aromatic carbocycles. The molecule has 0 bridgehead atoms. The predicted molar refractivity (Wildman–Crippen MR) is 189 cm³/mol. The summed E-state index contributed by atoms with van der Waals surface area (Å²) in [5.41, 5.74) is 3.61. The van der Waals surface area contributed by atoms with E-state index in [1.165, 1.54) is 12.8 Å². The van der Waals surface area contributed by atoms with E-state index < -0.39 is 0 Å². The minimum atomic E-state index is -0.244. The summed E-state index contributed by atoms with van der Waals surface area (Å²) in [6.07, 6.45) is 16.1. The van der Waals surface area contributed by atoms with Crippen LogP contribution in [0.1, 0.15) is 119 Å². The summed E-state index contributed by atoms with van der Waals surface area (Å²) in [6.45, 7) is 23.7. The smallest absolute Gasteiger partial charge is 0.136 e.